The van der Waals surface area contributed by atoms with Crippen LogP contribution in [0.3, 0.4) is 0 Å². The Labute approximate surface area is 214 Å². The maximum absolute atomic E-state index is 13.2. The largest absolute Gasteiger partial charge is 0.342 e. The molecule has 6 rings (SSSR count). The van der Waals surface area contributed by atoms with Gasteiger partial charge in [0.25, 0.3) is 0 Å². The zero-order valence-corrected chi connectivity index (χ0v) is 21.2. The summed E-state index contributed by atoms with van der Waals surface area (Å²) in [5, 5.41) is 9.81. The van der Waals surface area contributed by atoms with E-state index in [2.05, 4.69) is 20.2 Å². The van der Waals surface area contributed by atoms with E-state index in [0.717, 1.165) is 40.7 Å². The first-order chi connectivity index (χ1) is 17.9. The summed E-state index contributed by atoms with van der Waals surface area (Å²) in [4.78, 5) is 38.5. The van der Waals surface area contributed by atoms with Gasteiger partial charge in [0.05, 0.1) is 17.1 Å². The number of aryl methyl sites for hydroxylation is 3. The number of rotatable bonds is 4. The Bertz CT molecular complexity index is 1500. The van der Waals surface area contributed by atoms with Crippen LogP contribution in [0.4, 0.5) is 5.82 Å². The molecule has 2 amide bonds. The monoisotopic (exact) mass is 499 g/mol. The van der Waals surface area contributed by atoms with Crippen LogP contribution in [0.2, 0.25) is 0 Å². The first-order valence-corrected chi connectivity index (χ1v) is 12.7. The molecule has 10 nitrogen and oxygen atoms in total. The van der Waals surface area contributed by atoms with Gasteiger partial charge in [-0.2, -0.15) is 10.1 Å². The lowest BCUT2D eigenvalue weighted by Crippen LogP contribution is -2.42. The van der Waals surface area contributed by atoms with Crippen LogP contribution < -0.4 is 4.90 Å². The molecule has 1 unspecified atom stereocenters. The van der Waals surface area contributed by atoms with E-state index in [4.69, 9.17) is 4.52 Å². The van der Waals surface area contributed by atoms with E-state index in [1.807, 2.05) is 66.9 Å². The molecule has 0 saturated carbocycles. The van der Waals surface area contributed by atoms with Crippen LogP contribution in [0.5, 0.6) is 0 Å². The van der Waals surface area contributed by atoms with Crippen molar-refractivity contribution in [3.8, 4) is 11.4 Å². The predicted octanol–water partition coefficient (Wildman–Crippen LogP) is 3.39. The summed E-state index contributed by atoms with van der Waals surface area (Å²) < 4.78 is 7.50. The highest BCUT2D eigenvalue weighted by Gasteiger charge is 2.39. The Kier molecular flexibility index (Phi) is 5.73. The predicted molar refractivity (Wildman–Crippen MR) is 137 cm³/mol. The van der Waals surface area contributed by atoms with Crippen LogP contribution in [0, 0.1) is 19.8 Å². The van der Waals surface area contributed by atoms with Crippen LogP contribution in [0.15, 0.2) is 40.9 Å². The number of benzene rings is 1. The fourth-order valence-electron chi connectivity index (χ4n) is 5.47. The van der Waals surface area contributed by atoms with Crippen LogP contribution >= 0.6 is 0 Å². The molecule has 2 aliphatic heterocycles. The van der Waals surface area contributed by atoms with Crippen molar-refractivity contribution in [1.29, 1.82) is 0 Å². The molecule has 1 atom stereocenters. The molecule has 0 bridgehead atoms. The maximum atomic E-state index is 13.2. The van der Waals surface area contributed by atoms with Crippen LogP contribution in [-0.4, -0.2) is 61.3 Å². The molecule has 0 aliphatic carbocycles. The summed E-state index contributed by atoms with van der Waals surface area (Å²) in [6.07, 6.45) is 1.72. The summed E-state index contributed by atoms with van der Waals surface area (Å²) >= 11 is 0. The van der Waals surface area contributed by atoms with E-state index in [1.54, 1.807) is 4.90 Å². The molecule has 3 aromatic heterocycles. The molecular weight excluding hydrogens is 470 g/mol. The quantitative estimate of drug-likeness (QED) is 0.423. The average molecular weight is 500 g/mol. The minimum Gasteiger partial charge on any atom is -0.342 e. The van der Waals surface area contributed by atoms with Gasteiger partial charge in [-0.1, -0.05) is 23.4 Å². The Morgan fingerprint density at radius 1 is 1.08 bits per heavy atom. The van der Waals surface area contributed by atoms with E-state index in [9.17, 15) is 9.59 Å². The Morgan fingerprint density at radius 3 is 2.68 bits per heavy atom. The van der Waals surface area contributed by atoms with Gasteiger partial charge >= 0.3 is 0 Å². The highest BCUT2D eigenvalue weighted by Crippen LogP contribution is 2.32. The molecule has 37 heavy (non-hydrogen) atoms. The summed E-state index contributed by atoms with van der Waals surface area (Å²) in [6.45, 7) is 5.47. The number of nitrogens with zero attached hydrogens (tertiary/aromatic N) is 7. The van der Waals surface area contributed by atoms with Gasteiger partial charge in [-0.05, 0) is 44.9 Å². The number of carbonyl (C=O) groups excluding carboxylic acids is 2. The fraction of sp³-hybridized carbons (Fsp3) is 0.407. The van der Waals surface area contributed by atoms with Crippen molar-refractivity contribution < 1.29 is 14.1 Å². The Balaban J connectivity index is 1.09. The van der Waals surface area contributed by atoms with Crippen LogP contribution in [-0.2, 0) is 16.6 Å². The number of amides is 2. The highest BCUT2D eigenvalue weighted by atomic mass is 16.5. The number of aromatic nitrogens is 5. The molecule has 10 heteroatoms. The Morgan fingerprint density at radius 2 is 1.89 bits per heavy atom. The zero-order chi connectivity index (χ0) is 25.7. The van der Waals surface area contributed by atoms with Gasteiger partial charge in [0.15, 0.2) is 0 Å². The maximum Gasteiger partial charge on any atom is 0.230 e. The fourth-order valence-corrected chi connectivity index (χ4v) is 5.47. The van der Waals surface area contributed by atoms with Crippen LogP contribution in [0.1, 0.15) is 42.5 Å². The Hall–Kier alpha value is -4.08. The molecule has 190 valence electrons. The number of carbonyl (C=O) groups is 2. The lowest BCUT2D eigenvalue weighted by Gasteiger charge is -2.32. The minimum absolute atomic E-state index is 0.0351. The van der Waals surface area contributed by atoms with Crippen molar-refractivity contribution >= 4 is 28.5 Å². The molecule has 0 radical (unpaired) electrons. The standard InChI is InChI=1S/C27H29N7O3/c1-16-5-4-6-23(28-16)34-15-20(14-24(34)35)27(36)33-11-9-18(10-12-33)26-29-25(31-37-26)19-7-8-21-17(2)30-32(3)22(21)13-19/h4-8,13,18,20H,9-12,14-15H2,1-3H3. The topological polar surface area (TPSA) is 110 Å². The van der Waals surface area contributed by atoms with E-state index < -0.39 is 0 Å². The van der Waals surface area contributed by atoms with Gasteiger partial charge in [-0.15, -0.1) is 0 Å². The number of anilines is 1. The van der Waals surface area contributed by atoms with E-state index >= 15 is 0 Å². The molecule has 0 N–H and O–H groups in total. The summed E-state index contributed by atoms with van der Waals surface area (Å²) in [7, 11) is 1.92. The van der Waals surface area contributed by atoms with E-state index in [0.29, 0.717) is 37.2 Å². The number of hydrogen-bond acceptors (Lipinski definition) is 7. The van der Waals surface area contributed by atoms with Crippen molar-refractivity contribution in [3.63, 3.8) is 0 Å². The van der Waals surface area contributed by atoms with Crippen molar-refractivity contribution in [3.05, 3.63) is 53.7 Å². The van der Waals surface area contributed by atoms with Gasteiger partial charge in [-0.25, -0.2) is 4.98 Å². The van der Waals surface area contributed by atoms with Crippen molar-refractivity contribution in [2.75, 3.05) is 24.5 Å². The van der Waals surface area contributed by atoms with Crippen molar-refractivity contribution in [1.82, 2.24) is 29.8 Å². The summed E-state index contributed by atoms with van der Waals surface area (Å²) in [5.74, 6) is 1.53. The molecular formula is C27H29N7O3. The highest BCUT2D eigenvalue weighted by molar-refractivity contribution is 5.99. The number of piperidine rings is 1. The first-order valence-electron chi connectivity index (χ1n) is 12.7. The SMILES string of the molecule is Cc1cccc(N2CC(C(=O)N3CCC(c4nc(-c5ccc6c(C)nn(C)c6c5)no4)CC3)CC2=O)n1. The smallest absolute Gasteiger partial charge is 0.230 e. The third-order valence-electron chi connectivity index (χ3n) is 7.52. The number of likely N-dealkylation sites (tertiary alicyclic amines) is 1. The molecule has 5 heterocycles. The molecule has 2 saturated heterocycles. The second-order valence-electron chi connectivity index (χ2n) is 10.0. The zero-order valence-electron chi connectivity index (χ0n) is 21.2. The van der Waals surface area contributed by atoms with E-state index in [-0.39, 0.29) is 30.1 Å². The molecule has 4 aromatic rings. The lowest BCUT2D eigenvalue weighted by molar-refractivity contribution is -0.136. The minimum atomic E-state index is -0.341. The number of pyridine rings is 1. The van der Waals surface area contributed by atoms with Gasteiger partial charge in [-0.3, -0.25) is 19.2 Å². The average Bonchev–Trinajstić information content (AvgIpc) is 3.61. The second kappa shape index (κ2) is 9.10. The summed E-state index contributed by atoms with van der Waals surface area (Å²) in [6, 6.07) is 11.7. The van der Waals surface area contributed by atoms with Crippen molar-refractivity contribution in [2.24, 2.45) is 13.0 Å². The molecule has 0 spiro atoms. The second-order valence-corrected chi connectivity index (χ2v) is 10.0. The lowest BCUT2D eigenvalue weighted by atomic mass is 9.95. The number of fused-ring (bicyclic) bond motifs is 1. The first kappa shape index (κ1) is 23.3. The summed E-state index contributed by atoms with van der Waals surface area (Å²) in [5.41, 5.74) is 3.74. The third-order valence-corrected chi connectivity index (χ3v) is 7.52. The van der Waals surface area contributed by atoms with Crippen molar-refractivity contribution in [2.45, 2.75) is 39.0 Å². The molecule has 2 aliphatic rings. The van der Waals surface area contributed by atoms with Gasteiger partial charge in [0.1, 0.15) is 5.82 Å². The van der Waals surface area contributed by atoms with E-state index in [1.165, 1.54) is 0 Å². The van der Waals surface area contributed by atoms with Gasteiger partial charge in [0.2, 0.25) is 23.5 Å². The van der Waals surface area contributed by atoms with Gasteiger partial charge in [0, 0.05) is 55.7 Å². The number of hydrogen-bond donors (Lipinski definition) is 0. The van der Waals surface area contributed by atoms with Gasteiger partial charge < -0.3 is 9.42 Å². The third kappa shape index (κ3) is 4.26. The molecule has 2 fully saturated rings. The van der Waals surface area contributed by atoms with Crippen LogP contribution in [0.25, 0.3) is 22.3 Å². The molecule has 1 aromatic carbocycles. The normalized spacial score (nSPS) is 18.8.